The maximum atomic E-state index is 2.24. The average molecular weight is 1130 g/mol. The molecule has 0 fully saturated rings. The largest absolute Gasteiger partial charge is 0.0622 e. The van der Waals surface area contributed by atoms with Crippen LogP contribution < -0.4 is 0 Å². The van der Waals surface area contributed by atoms with Crippen molar-refractivity contribution in [1.82, 2.24) is 0 Å². The molecule has 0 N–H and O–H groups in total. The van der Waals surface area contributed by atoms with Gasteiger partial charge in [-0.1, -0.05) is 400 Å². The second-order valence-corrected chi connectivity index (χ2v) is 21.1. The highest BCUT2D eigenvalue weighted by Crippen LogP contribution is 2.31. The van der Waals surface area contributed by atoms with Crippen LogP contribution in [0.3, 0.4) is 0 Å². The molecular weight excluding hydrogens is 1060 g/mol. The number of fused-ring (bicyclic) bond motifs is 4. The van der Waals surface area contributed by atoms with Crippen LogP contribution in [0.4, 0.5) is 0 Å². The fourth-order valence-corrected chi connectivity index (χ4v) is 10.7. The van der Waals surface area contributed by atoms with E-state index >= 15 is 0 Å². The Hall–Kier alpha value is -11.4. The summed E-state index contributed by atoms with van der Waals surface area (Å²) in [7, 11) is 0. The summed E-state index contributed by atoms with van der Waals surface area (Å²) in [4.78, 5) is 0. The third kappa shape index (κ3) is 16.0. The third-order valence-electron chi connectivity index (χ3n) is 15.2. The van der Waals surface area contributed by atoms with E-state index in [0.29, 0.717) is 0 Å². The maximum Gasteiger partial charge on any atom is -0.0105 e. The molecule has 0 radical (unpaired) electrons. The monoisotopic (exact) mass is 1120 g/mol. The number of rotatable bonds is 6. The minimum atomic E-state index is 1.27. The smallest absolute Gasteiger partial charge is 0.0105 e. The molecule has 0 aliphatic carbocycles. The molecule has 16 aromatic rings. The van der Waals surface area contributed by atoms with Gasteiger partial charge in [0, 0.05) is 0 Å². The van der Waals surface area contributed by atoms with Crippen LogP contribution in [-0.2, 0) is 0 Å². The minimum absolute atomic E-state index is 1.27. The lowest BCUT2D eigenvalue weighted by molar-refractivity contribution is 1.62. The van der Waals surface area contributed by atoms with Gasteiger partial charge >= 0.3 is 0 Å². The molecule has 0 unspecified atom stereocenters. The van der Waals surface area contributed by atoms with Gasteiger partial charge in [-0.2, -0.15) is 0 Å². The van der Waals surface area contributed by atoms with Crippen molar-refractivity contribution in [3.05, 3.63) is 413 Å². The van der Waals surface area contributed by atoms with Crippen LogP contribution in [0.15, 0.2) is 413 Å². The van der Waals surface area contributed by atoms with E-state index in [0.717, 1.165) is 0 Å². The Balaban J connectivity index is 0.000000110. The summed E-state index contributed by atoms with van der Waals surface area (Å²) in [5, 5.41) is 10.4. The Morgan fingerprint density at radius 3 is 0.591 bits per heavy atom. The summed E-state index contributed by atoms with van der Waals surface area (Å²) >= 11 is 0. The molecule has 0 saturated carbocycles. The molecule has 0 bridgehead atoms. The normalized spacial score (nSPS) is 10.3. The van der Waals surface area contributed by atoms with Gasteiger partial charge in [0.05, 0.1) is 0 Å². The molecule has 16 rings (SSSR count). The van der Waals surface area contributed by atoms with Crippen molar-refractivity contribution in [1.29, 1.82) is 0 Å². The number of hydrogen-bond donors (Lipinski definition) is 0. The topological polar surface area (TPSA) is 0 Å². The highest BCUT2D eigenvalue weighted by atomic mass is 14.1. The summed E-state index contributed by atoms with van der Waals surface area (Å²) in [6.45, 7) is 0. The summed E-state index contributed by atoms with van der Waals surface area (Å²) in [6, 6.07) is 144. The third-order valence-corrected chi connectivity index (χ3v) is 15.2. The first kappa shape index (κ1) is 58.3. The Bertz CT molecular complexity index is 4260. The van der Waals surface area contributed by atoms with Gasteiger partial charge < -0.3 is 0 Å². The molecule has 88 heavy (non-hydrogen) atoms. The van der Waals surface area contributed by atoms with Crippen LogP contribution in [-0.4, -0.2) is 0 Å². The second-order valence-electron chi connectivity index (χ2n) is 21.1. The molecular formula is C88H68. The van der Waals surface area contributed by atoms with Crippen LogP contribution in [0.1, 0.15) is 0 Å². The van der Waals surface area contributed by atoms with Gasteiger partial charge in [-0.25, -0.2) is 0 Å². The summed E-state index contributed by atoms with van der Waals surface area (Å²) in [6.07, 6.45) is 0. The standard InChI is InChI=1S/4C16H12.2C12H10/c2*1-2-7-13(8-3-1)16-12-6-10-14-9-4-5-11-15(14)16;2*1-2-6-13(7-3-1)16-11-10-14-8-4-5-9-15(14)12-16;2*1-3-7-11(8-4-1)12-9-5-2-6-10-12/h4*1-12H;2*1-10H. The van der Waals surface area contributed by atoms with Crippen LogP contribution in [0.5, 0.6) is 0 Å². The lowest BCUT2D eigenvalue weighted by atomic mass is 9.98. The molecule has 16 aromatic carbocycles. The molecule has 0 aromatic heterocycles. The van der Waals surface area contributed by atoms with Crippen molar-refractivity contribution in [3.63, 3.8) is 0 Å². The average Bonchev–Trinajstić information content (AvgIpc) is 3.72. The zero-order chi connectivity index (χ0) is 59.6. The molecule has 0 heteroatoms. The second kappa shape index (κ2) is 30.9. The number of hydrogen-bond acceptors (Lipinski definition) is 0. The number of benzene rings is 16. The molecule has 0 amide bonds. The molecule has 420 valence electrons. The summed E-state index contributed by atoms with van der Waals surface area (Å²) in [5.74, 6) is 0. The summed E-state index contributed by atoms with van der Waals surface area (Å²) < 4.78 is 0. The van der Waals surface area contributed by atoms with E-state index in [1.807, 2.05) is 36.4 Å². The zero-order valence-corrected chi connectivity index (χ0v) is 49.3. The van der Waals surface area contributed by atoms with Crippen LogP contribution in [0.25, 0.3) is 110 Å². The van der Waals surface area contributed by atoms with Gasteiger partial charge in [-0.05, 0) is 122 Å². The fourth-order valence-electron chi connectivity index (χ4n) is 10.7. The van der Waals surface area contributed by atoms with Gasteiger partial charge in [0.1, 0.15) is 0 Å². The zero-order valence-electron chi connectivity index (χ0n) is 49.3. The Kier molecular flexibility index (Phi) is 20.5. The van der Waals surface area contributed by atoms with Crippen molar-refractivity contribution < 1.29 is 0 Å². The van der Waals surface area contributed by atoms with Gasteiger partial charge in [0.2, 0.25) is 0 Å². The van der Waals surface area contributed by atoms with E-state index in [1.54, 1.807) is 0 Å². The lowest BCUT2D eigenvalue weighted by Gasteiger charge is -2.06. The van der Waals surface area contributed by atoms with Crippen LogP contribution in [0, 0.1) is 0 Å². The Morgan fingerprint density at radius 1 is 0.102 bits per heavy atom. The highest BCUT2D eigenvalue weighted by molar-refractivity contribution is 5.98. The first-order chi connectivity index (χ1) is 43.7. The van der Waals surface area contributed by atoms with E-state index in [9.17, 15) is 0 Å². The molecule has 0 spiro atoms. The van der Waals surface area contributed by atoms with E-state index in [4.69, 9.17) is 0 Å². The van der Waals surface area contributed by atoms with Gasteiger partial charge in [0.15, 0.2) is 0 Å². The molecule has 0 aliphatic heterocycles. The van der Waals surface area contributed by atoms with Crippen molar-refractivity contribution >= 4 is 43.1 Å². The van der Waals surface area contributed by atoms with Crippen molar-refractivity contribution in [2.24, 2.45) is 0 Å². The van der Waals surface area contributed by atoms with E-state index in [2.05, 4.69) is 376 Å². The summed E-state index contributed by atoms with van der Waals surface area (Å²) in [5.41, 5.74) is 15.4. The van der Waals surface area contributed by atoms with Crippen LogP contribution >= 0.6 is 0 Å². The first-order valence-electron chi connectivity index (χ1n) is 30.1. The lowest BCUT2D eigenvalue weighted by Crippen LogP contribution is -1.79. The SMILES string of the molecule is c1ccc(-c2ccc3ccccc3c2)cc1.c1ccc(-c2ccc3ccccc3c2)cc1.c1ccc(-c2cccc3ccccc23)cc1.c1ccc(-c2cccc3ccccc23)cc1.c1ccc(-c2ccccc2)cc1.c1ccc(-c2ccccc2)cc1. The predicted molar refractivity (Wildman–Crippen MR) is 381 cm³/mol. The van der Waals surface area contributed by atoms with Gasteiger partial charge in [0.25, 0.3) is 0 Å². The maximum absolute atomic E-state index is 2.24. The van der Waals surface area contributed by atoms with E-state index in [1.165, 1.54) is 110 Å². The minimum Gasteiger partial charge on any atom is -0.0622 e. The quantitative estimate of drug-likeness (QED) is 0.156. The first-order valence-corrected chi connectivity index (χ1v) is 30.1. The van der Waals surface area contributed by atoms with E-state index in [-0.39, 0.29) is 0 Å². The van der Waals surface area contributed by atoms with E-state index < -0.39 is 0 Å². The molecule has 0 heterocycles. The van der Waals surface area contributed by atoms with Crippen molar-refractivity contribution in [3.8, 4) is 66.8 Å². The molecule has 0 saturated heterocycles. The Morgan fingerprint density at radius 2 is 0.307 bits per heavy atom. The predicted octanol–water partition coefficient (Wildman–Crippen LogP) is 24.7. The molecule has 0 atom stereocenters. The van der Waals surface area contributed by atoms with Crippen molar-refractivity contribution in [2.45, 2.75) is 0 Å². The fraction of sp³-hybridized carbons (Fsp3) is 0. The molecule has 0 aliphatic rings. The van der Waals surface area contributed by atoms with Gasteiger partial charge in [-0.15, -0.1) is 0 Å². The van der Waals surface area contributed by atoms with Gasteiger partial charge in [-0.3, -0.25) is 0 Å². The van der Waals surface area contributed by atoms with Crippen molar-refractivity contribution in [2.75, 3.05) is 0 Å². The highest BCUT2D eigenvalue weighted by Gasteiger charge is 2.04. The Labute approximate surface area is 519 Å². The molecule has 0 nitrogen and oxygen atoms in total. The van der Waals surface area contributed by atoms with Crippen LogP contribution in [0.2, 0.25) is 0 Å².